The number of rotatable bonds is 8. The SMILES string of the molecule is O=C(O)CCc1ccc(Nc2ncc(Cl)c(NC[C@H]3CCCO3)n2)cc1. The van der Waals surface area contributed by atoms with Crippen molar-refractivity contribution in [1.82, 2.24) is 9.97 Å². The average Bonchev–Trinajstić information content (AvgIpc) is 3.15. The van der Waals surface area contributed by atoms with Crippen molar-refractivity contribution < 1.29 is 14.6 Å². The summed E-state index contributed by atoms with van der Waals surface area (Å²) in [4.78, 5) is 19.2. The van der Waals surface area contributed by atoms with Gasteiger partial charge in [-0.2, -0.15) is 4.98 Å². The van der Waals surface area contributed by atoms with Crippen LogP contribution in [0.2, 0.25) is 5.02 Å². The quantitative estimate of drug-likeness (QED) is 0.648. The minimum atomic E-state index is -0.801. The summed E-state index contributed by atoms with van der Waals surface area (Å²) in [6.07, 6.45) is 4.48. The Balaban J connectivity index is 1.60. The summed E-state index contributed by atoms with van der Waals surface area (Å²) in [7, 11) is 0. The lowest BCUT2D eigenvalue weighted by Gasteiger charge is -2.13. The zero-order chi connectivity index (χ0) is 18.4. The van der Waals surface area contributed by atoms with Crippen LogP contribution in [0.1, 0.15) is 24.8 Å². The zero-order valence-corrected chi connectivity index (χ0v) is 15.0. The molecule has 1 saturated heterocycles. The van der Waals surface area contributed by atoms with Crippen LogP contribution in [0.4, 0.5) is 17.5 Å². The molecule has 7 nitrogen and oxygen atoms in total. The number of ether oxygens (including phenoxy) is 1. The molecule has 8 heteroatoms. The molecule has 1 fully saturated rings. The number of carboxylic acids is 1. The maximum atomic E-state index is 10.6. The average molecular weight is 377 g/mol. The Morgan fingerprint density at radius 1 is 1.35 bits per heavy atom. The summed E-state index contributed by atoms with van der Waals surface area (Å²) < 4.78 is 5.58. The molecule has 0 aliphatic carbocycles. The number of halogens is 1. The zero-order valence-electron chi connectivity index (χ0n) is 14.2. The molecule has 3 rings (SSSR count). The third kappa shape index (κ3) is 5.31. The number of nitrogens with zero attached hydrogens (tertiary/aromatic N) is 2. The molecule has 3 N–H and O–H groups in total. The summed E-state index contributed by atoms with van der Waals surface area (Å²) in [5.41, 5.74) is 1.78. The molecule has 0 unspecified atom stereocenters. The van der Waals surface area contributed by atoms with Crippen LogP contribution in [-0.2, 0) is 16.0 Å². The van der Waals surface area contributed by atoms with Gasteiger partial charge in [-0.05, 0) is 37.0 Å². The monoisotopic (exact) mass is 376 g/mol. The van der Waals surface area contributed by atoms with Crippen molar-refractivity contribution in [2.24, 2.45) is 0 Å². The van der Waals surface area contributed by atoms with E-state index in [1.807, 2.05) is 24.3 Å². The molecule has 0 saturated carbocycles. The van der Waals surface area contributed by atoms with Gasteiger partial charge >= 0.3 is 5.97 Å². The minimum Gasteiger partial charge on any atom is -0.481 e. The van der Waals surface area contributed by atoms with Crippen LogP contribution in [0.15, 0.2) is 30.5 Å². The predicted octanol–water partition coefficient (Wildman–Crippen LogP) is 3.48. The largest absolute Gasteiger partial charge is 0.481 e. The molecule has 1 aliphatic heterocycles. The third-order valence-corrected chi connectivity index (χ3v) is 4.38. The number of aromatic nitrogens is 2. The van der Waals surface area contributed by atoms with E-state index in [1.54, 1.807) is 6.20 Å². The number of hydrogen-bond donors (Lipinski definition) is 3. The van der Waals surface area contributed by atoms with Crippen LogP contribution in [0.3, 0.4) is 0 Å². The molecular formula is C18H21ClN4O3. The Morgan fingerprint density at radius 3 is 2.85 bits per heavy atom. The van der Waals surface area contributed by atoms with Crippen LogP contribution < -0.4 is 10.6 Å². The molecule has 0 radical (unpaired) electrons. The van der Waals surface area contributed by atoms with Crippen LogP contribution in [0.25, 0.3) is 0 Å². The van der Waals surface area contributed by atoms with Gasteiger partial charge in [0.1, 0.15) is 5.02 Å². The van der Waals surface area contributed by atoms with Gasteiger partial charge in [0.15, 0.2) is 5.82 Å². The second-order valence-corrected chi connectivity index (χ2v) is 6.53. The molecule has 1 aliphatic rings. The molecule has 1 aromatic heterocycles. The van der Waals surface area contributed by atoms with Crippen LogP contribution in [0.5, 0.6) is 0 Å². The lowest BCUT2D eigenvalue weighted by atomic mass is 10.1. The van der Waals surface area contributed by atoms with Crippen molar-refractivity contribution in [3.05, 3.63) is 41.0 Å². The Kier molecular flexibility index (Phi) is 6.25. The predicted molar refractivity (Wildman–Crippen MR) is 100 cm³/mol. The molecule has 1 atom stereocenters. The number of carbonyl (C=O) groups is 1. The maximum Gasteiger partial charge on any atom is 0.303 e. The molecule has 2 heterocycles. The highest BCUT2D eigenvalue weighted by Crippen LogP contribution is 2.22. The number of nitrogens with one attached hydrogen (secondary N) is 2. The van der Waals surface area contributed by atoms with E-state index < -0.39 is 5.97 Å². The Labute approximate surface area is 156 Å². The first kappa shape index (κ1) is 18.4. The number of benzene rings is 1. The second-order valence-electron chi connectivity index (χ2n) is 6.12. The number of aliphatic carboxylic acids is 1. The van der Waals surface area contributed by atoms with E-state index in [0.717, 1.165) is 30.7 Å². The smallest absolute Gasteiger partial charge is 0.303 e. The van der Waals surface area contributed by atoms with E-state index in [-0.39, 0.29) is 12.5 Å². The molecule has 1 aromatic carbocycles. The first-order chi connectivity index (χ1) is 12.6. The van der Waals surface area contributed by atoms with Crippen LogP contribution >= 0.6 is 11.6 Å². The van der Waals surface area contributed by atoms with Gasteiger partial charge in [0.05, 0.1) is 12.3 Å². The Morgan fingerprint density at radius 2 is 2.15 bits per heavy atom. The van der Waals surface area contributed by atoms with Crippen molar-refractivity contribution in [3.63, 3.8) is 0 Å². The number of anilines is 3. The van der Waals surface area contributed by atoms with E-state index in [1.165, 1.54) is 0 Å². The topological polar surface area (TPSA) is 96.4 Å². The fourth-order valence-electron chi connectivity index (χ4n) is 2.70. The van der Waals surface area contributed by atoms with Gasteiger partial charge in [-0.1, -0.05) is 23.7 Å². The summed E-state index contributed by atoms with van der Waals surface area (Å²) >= 11 is 6.16. The van der Waals surface area contributed by atoms with Crippen molar-refractivity contribution >= 4 is 35.0 Å². The maximum absolute atomic E-state index is 10.6. The van der Waals surface area contributed by atoms with E-state index in [2.05, 4.69) is 20.6 Å². The van der Waals surface area contributed by atoms with E-state index in [0.29, 0.717) is 29.8 Å². The molecule has 26 heavy (non-hydrogen) atoms. The van der Waals surface area contributed by atoms with E-state index in [9.17, 15) is 4.79 Å². The van der Waals surface area contributed by atoms with Gasteiger partial charge in [0.2, 0.25) is 5.95 Å². The van der Waals surface area contributed by atoms with Crippen molar-refractivity contribution in [2.45, 2.75) is 31.8 Å². The highest BCUT2D eigenvalue weighted by atomic mass is 35.5. The Hall–Kier alpha value is -2.38. The fourth-order valence-corrected chi connectivity index (χ4v) is 2.86. The van der Waals surface area contributed by atoms with Crippen LogP contribution in [0, 0.1) is 0 Å². The van der Waals surface area contributed by atoms with Crippen molar-refractivity contribution in [1.29, 1.82) is 0 Å². The number of aryl methyl sites for hydroxylation is 1. The molecule has 2 aromatic rings. The van der Waals surface area contributed by atoms with E-state index >= 15 is 0 Å². The van der Waals surface area contributed by atoms with Crippen molar-refractivity contribution in [2.75, 3.05) is 23.8 Å². The lowest BCUT2D eigenvalue weighted by molar-refractivity contribution is -0.136. The first-order valence-corrected chi connectivity index (χ1v) is 8.94. The summed E-state index contributed by atoms with van der Waals surface area (Å²) in [5.74, 6) is 0.199. The Bertz CT molecular complexity index is 749. The highest BCUT2D eigenvalue weighted by Gasteiger charge is 2.16. The number of carboxylic acid groups (broad SMARTS) is 1. The minimum absolute atomic E-state index is 0.118. The third-order valence-electron chi connectivity index (χ3n) is 4.10. The molecule has 138 valence electrons. The van der Waals surface area contributed by atoms with Gasteiger partial charge in [-0.15, -0.1) is 0 Å². The molecular weight excluding hydrogens is 356 g/mol. The van der Waals surface area contributed by atoms with Crippen molar-refractivity contribution in [3.8, 4) is 0 Å². The standard InChI is InChI=1S/C18H21ClN4O3/c19-15-11-21-18(23-17(15)20-10-14-2-1-9-26-14)22-13-6-3-12(4-7-13)5-8-16(24)25/h3-4,6-7,11,14H,1-2,5,8-10H2,(H,24,25)(H2,20,21,22,23)/t14-/m1/s1. The highest BCUT2D eigenvalue weighted by molar-refractivity contribution is 6.32. The number of hydrogen-bond acceptors (Lipinski definition) is 6. The molecule has 0 amide bonds. The van der Waals surface area contributed by atoms with Crippen LogP contribution in [-0.4, -0.2) is 40.3 Å². The molecule has 0 spiro atoms. The fraction of sp³-hybridized carbons (Fsp3) is 0.389. The van der Waals surface area contributed by atoms with Gasteiger partial charge in [0.25, 0.3) is 0 Å². The van der Waals surface area contributed by atoms with Gasteiger partial charge in [-0.3, -0.25) is 4.79 Å². The summed E-state index contributed by atoms with van der Waals surface area (Å²) in [5, 5.41) is 15.5. The normalized spacial score (nSPS) is 16.4. The summed E-state index contributed by atoms with van der Waals surface area (Å²) in [6, 6.07) is 7.51. The van der Waals surface area contributed by atoms with Gasteiger partial charge < -0.3 is 20.5 Å². The van der Waals surface area contributed by atoms with Gasteiger partial charge in [0, 0.05) is 25.3 Å². The first-order valence-electron chi connectivity index (χ1n) is 8.56. The molecule has 0 bridgehead atoms. The summed E-state index contributed by atoms with van der Waals surface area (Å²) in [6.45, 7) is 1.47. The second kappa shape index (κ2) is 8.82. The van der Waals surface area contributed by atoms with E-state index in [4.69, 9.17) is 21.4 Å². The lowest BCUT2D eigenvalue weighted by Crippen LogP contribution is -2.19. The van der Waals surface area contributed by atoms with Gasteiger partial charge in [-0.25, -0.2) is 4.98 Å².